The van der Waals surface area contributed by atoms with Gasteiger partial charge in [0.25, 0.3) is 0 Å². The van der Waals surface area contributed by atoms with Crippen LogP contribution in [0.3, 0.4) is 0 Å². The van der Waals surface area contributed by atoms with Crippen molar-refractivity contribution in [1.29, 1.82) is 0 Å². The number of aromatic nitrogens is 2. The smallest absolute Gasteiger partial charge is 0.137 e. The standard InChI is InChI=1S/C15H20ClN3O.ClH/c1-2-20-15-5-4-13(10-14(15)16)11-17-6-3-8-19-9-7-18-12-19;/h4-5,7,9-10,12,17H,2-3,6,8,11H2,1H3;1H. The Balaban J connectivity index is 0.00000220. The van der Waals surface area contributed by atoms with Gasteiger partial charge in [0.15, 0.2) is 0 Å². The van der Waals surface area contributed by atoms with Crippen molar-refractivity contribution in [3.63, 3.8) is 0 Å². The van der Waals surface area contributed by atoms with Crippen LogP contribution in [0.1, 0.15) is 18.9 Å². The first-order valence-corrected chi connectivity index (χ1v) is 7.25. The van der Waals surface area contributed by atoms with E-state index in [1.54, 1.807) is 6.20 Å². The van der Waals surface area contributed by atoms with E-state index < -0.39 is 0 Å². The second kappa shape index (κ2) is 9.66. The zero-order valence-electron chi connectivity index (χ0n) is 12.1. The van der Waals surface area contributed by atoms with Gasteiger partial charge < -0.3 is 14.6 Å². The quantitative estimate of drug-likeness (QED) is 0.753. The van der Waals surface area contributed by atoms with Crippen molar-refractivity contribution >= 4 is 24.0 Å². The molecule has 0 radical (unpaired) electrons. The molecule has 0 aliphatic heterocycles. The van der Waals surface area contributed by atoms with Crippen molar-refractivity contribution in [3.05, 3.63) is 47.5 Å². The van der Waals surface area contributed by atoms with Crippen LogP contribution in [-0.2, 0) is 13.1 Å². The largest absolute Gasteiger partial charge is 0.492 e. The molecular weight excluding hydrogens is 309 g/mol. The zero-order chi connectivity index (χ0) is 14.2. The molecular formula is C15H21Cl2N3O. The van der Waals surface area contributed by atoms with Crippen LogP contribution in [0.4, 0.5) is 0 Å². The highest BCUT2D eigenvalue weighted by Crippen LogP contribution is 2.25. The van der Waals surface area contributed by atoms with Gasteiger partial charge in [0.1, 0.15) is 5.75 Å². The summed E-state index contributed by atoms with van der Waals surface area (Å²) in [4.78, 5) is 4.02. The molecule has 2 rings (SSSR count). The minimum atomic E-state index is 0. The Morgan fingerprint density at radius 1 is 1.38 bits per heavy atom. The number of hydrogen-bond donors (Lipinski definition) is 1. The first-order chi connectivity index (χ1) is 9.79. The van der Waals surface area contributed by atoms with Crippen LogP contribution < -0.4 is 10.1 Å². The Hall–Kier alpha value is -1.23. The van der Waals surface area contributed by atoms with Crippen molar-refractivity contribution in [1.82, 2.24) is 14.9 Å². The SMILES string of the molecule is CCOc1ccc(CNCCCn2ccnc2)cc1Cl.Cl. The maximum absolute atomic E-state index is 6.15. The van der Waals surface area contributed by atoms with Gasteiger partial charge in [-0.1, -0.05) is 17.7 Å². The minimum absolute atomic E-state index is 0. The van der Waals surface area contributed by atoms with Crippen molar-refractivity contribution in [3.8, 4) is 5.75 Å². The fourth-order valence-electron chi connectivity index (χ4n) is 1.97. The van der Waals surface area contributed by atoms with Crippen LogP contribution in [0.2, 0.25) is 5.02 Å². The molecule has 6 heteroatoms. The number of ether oxygens (including phenoxy) is 1. The molecule has 0 unspecified atom stereocenters. The molecule has 2 aromatic rings. The van der Waals surface area contributed by atoms with Crippen LogP contribution >= 0.6 is 24.0 Å². The number of nitrogens with one attached hydrogen (secondary N) is 1. The number of benzene rings is 1. The number of nitrogens with zero attached hydrogens (tertiary/aromatic N) is 2. The summed E-state index contributed by atoms with van der Waals surface area (Å²) in [5, 5.41) is 4.08. The van der Waals surface area contributed by atoms with Gasteiger partial charge in [-0.2, -0.15) is 0 Å². The minimum Gasteiger partial charge on any atom is -0.492 e. The van der Waals surface area contributed by atoms with Crippen molar-refractivity contribution in [2.24, 2.45) is 0 Å². The van der Waals surface area contributed by atoms with Gasteiger partial charge in [-0.05, 0) is 37.6 Å². The number of rotatable bonds is 8. The van der Waals surface area contributed by atoms with Crippen molar-refractivity contribution in [2.45, 2.75) is 26.4 Å². The van der Waals surface area contributed by atoms with E-state index >= 15 is 0 Å². The maximum Gasteiger partial charge on any atom is 0.137 e. The number of hydrogen-bond acceptors (Lipinski definition) is 3. The van der Waals surface area contributed by atoms with Gasteiger partial charge in [-0.3, -0.25) is 0 Å². The number of imidazole rings is 1. The Morgan fingerprint density at radius 2 is 2.24 bits per heavy atom. The molecule has 1 heterocycles. The van der Waals surface area contributed by atoms with Gasteiger partial charge in [0.2, 0.25) is 0 Å². The zero-order valence-corrected chi connectivity index (χ0v) is 13.7. The molecule has 0 fully saturated rings. The highest BCUT2D eigenvalue weighted by Gasteiger charge is 2.02. The summed E-state index contributed by atoms with van der Waals surface area (Å²) in [6.45, 7) is 5.34. The van der Waals surface area contributed by atoms with E-state index in [0.29, 0.717) is 11.6 Å². The second-order valence-electron chi connectivity index (χ2n) is 4.53. The Labute approximate surface area is 136 Å². The highest BCUT2D eigenvalue weighted by molar-refractivity contribution is 6.32. The summed E-state index contributed by atoms with van der Waals surface area (Å²) < 4.78 is 7.49. The summed E-state index contributed by atoms with van der Waals surface area (Å²) in [6, 6.07) is 5.92. The third-order valence-electron chi connectivity index (χ3n) is 2.95. The lowest BCUT2D eigenvalue weighted by atomic mass is 10.2. The molecule has 1 N–H and O–H groups in total. The normalized spacial score (nSPS) is 10.2. The van der Waals surface area contributed by atoms with Crippen LogP contribution in [0.5, 0.6) is 5.75 Å². The Morgan fingerprint density at radius 3 is 2.90 bits per heavy atom. The van der Waals surface area contributed by atoms with E-state index in [0.717, 1.165) is 31.8 Å². The van der Waals surface area contributed by atoms with E-state index in [2.05, 4.69) is 14.9 Å². The van der Waals surface area contributed by atoms with Crippen LogP contribution in [0, 0.1) is 0 Å². The summed E-state index contributed by atoms with van der Waals surface area (Å²) in [6.07, 6.45) is 6.69. The third kappa shape index (κ3) is 5.96. The molecule has 0 saturated heterocycles. The van der Waals surface area contributed by atoms with Crippen LogP contribution in [0.25, 0.3) is 0 Å². The van der Waals surface area contributed by atoms with Crippen molar-refractivity contribution < 1.29 is 4.74 Å². The predicted octanol–water partition coefficient (Wildman–Crippen LogP) is 3.54. The summed E-state index contributed by atoms with van der Waals surface area (Å²) in [5.74, 6) is 0.748. The highest BCUT2D eigenvalue weighted by atomic mass is 35.5. The molecule has 0 amide bonds. The number of aryl methyl sites for hydroxylation is 1. The predicted molar refractivity (Wildman–Crippen MR) is 88.4 cm³/mol. The topological polar surface area (TPSA) is 39.1 Å². The van der Waals surface area contributed by atoms with Gasteiger partial charge >= 0.3 is 0 Å². The average Bonchev–Trinajstić information content (AvgIpc) is 2.95. The van der Waals surface area contributed by atoms with E-state index in [9.17, 15) is 0 Å². The molecule has 0 saturated carbocycles. The van der Waals surface area contributed by atoms with Crippen LogP contribution in [-0.4, -0.2) is 22.7 Å². The molecule has 1 aromatic heterocycles. The molecule has 0 spiro atoms. The molecule has 0 aliphatic carbocycles. The molecule has 0 aliphatic rings. The molecule has 0 atom stereocenters. The second-order valence-corrected chi connectivity index (χ2v) is 4.94. The van der Waals surface area contributed by atoms with E-state index in [1.807, 2.05) is 37.6 Å². The lowest BCUT2D eigenvalue weighted by molar-refractivity contribution is 0.340. The maximum atomic E-state index is 6.15. The van der Waals surface area contributed by atoms with Gasteiger partial charge in [0.05, 0.1) is 18.0 Å². The first kappa shape index (κ1) is 17.8. The molecule has 0 bridgehead atoms. The molecule has 1 aromatic carbocycles. The fraction of sp³-hybridized carbons (Fsp3) is 0.400. The van der Waals surface area contributed by atoms with Gasteiger partial charge in [-0.25, -0.2) is 4.98 Å². The Bertz CT molecular complexity index is 518. The molecule has 116 valence electrons. The molecule has 21 heavy (non-hydrogen) atoms. The summed E-state index contributed by atoms with van der Waals surface area (Å²) in [5.41, 5.74) is 1.17. The van der Waals surface area contributed by atoms with Crippen LogP contribution in [0.15, 0.2) is 36.9 Å². The van der Waals surface area contributed by atoms with Crippen molar-refractivity contribution in [2.75, 3.05) is 13.2 Å². The van der Waals surface area contributed by atoms with Gasteiger partial charge in [-0.15, -0.1) is 12.4 Å². The van der Waals surface area contributed by atoms with E-state index in [1.165, 1.54) is 5.56 Å². The van der Waals surface area contributed by atoms with Gasteiger partial charge in [0, 0.05) is 25.5 Å². The average molecular weight is 330 g/mol. The lowest BCUT2D eigenvalue weighted by Gasteiger charge is -2.09. The number of halogens is 2. The fourth-order valence-corrected chi connectivity index (χ4v) is 2.22. The summed E-state index contributed by atoms with van der Waals surface area (Å²) in [7, 11) is 0. The van der Waals surface area contributed by atoms with E-state index in [-0.39, 0.29) is 12.4 Å². The monoisotopic (exact) mass is 329 g/mol. The molecule has 4 nitrogen and oxygen atoms in total. The van der Waals surface area contributed by atoms with E-state index in [4.69, 9.17) is 16.3 Å². The third-order valence-corrected chi connectivity index (χ3v) is 3.25. The first-order valence-electron chi connectivity index (χ1n) is 6.87. The Kier molecular flexibility index (Phi) is 8.20. The lowest BCUT2D eigenvalue weighted by Crippen LogP contribution is -2.16. The summed E-state index contributed by atoms with van der Waals surface area (Å²) >= 11 is 6.15.